The van der Waals surface area contributed by atoms with Gasteiger partial charge >= 0.3 is 0 Å². The zero-order valence-corrected chi connectivity index (χ0v) is 11.2. The minimum absolute atomic E-state index is 1.14. The third-order valence-corrected chi connectivity index (χ3v) is 3.05. The highest BCUT2D eigenvalue weighted by Crippen LogP contribution is 2.17. The van der Waals surface area contributed by atoms with Gasteiger partial charge in [-0.1, -0.05) is 24.6 Å². The van der Waals surface area contributed by atoms with Crippen molar-refractivity contribution in [3.63, 3.8) is 0 Å². The molecule has 1 aromatic rings. The van der Waals surface area contributed by atoms with E-state index < -0.39 is 0 Å². The molecule has 1 N–H and O–H groups in total. The molecular formula is C15H25N. The predicted octanol–water partition coefficient (Wildman–Crippen LogP) is 3.54. The first-order valence-electron chi connectivity index (χ1n) is 6.42. The Labute approximate surface area is 100 Å². The second-order valence-corrected chi connectivity index (χ2v) is 4.73. The van der Waals surface area contributed by atoms with Crippen LogP contribution in [0.1, 0.15) is 42.0 Å². The Kier molecular flexibility index (Phi) is 5.54. The van der Waals surface area contributed by atoms with Crippen LogP contribution in [0.15, 0.2) is 12.1 Å². The van der Waals surface area contributed by atoms with Crippen LogP contribution in [-0.4, -0.2) is 13.1 Å². The number of benzene rings is 1. The van der Waals surface area contributed by atoms with Gasteiger partial charge in [0.1, 0.15) is 0 Å². The van der Waals surface area contributed by atoms with E-state index in [9.17, 15) is 0 Å². The van der Waals surface area contributed by atoms with Gasteiger partial charge in [-0.3, -0.25) is 0 Å². The van der Waals surface area contributed by atoms with E-state index in [1.54, 1.807) is 5.56 Å². The summed E-state index contributed by atoms with van der Waals surface area (Å²) in [5.74, 6) is 0. The second-order valence-electron chi connectivity index (χ2n) is 4.73. The Morgan fingerprint density at radius 1 is 1.00 bits per heavy atom. The van der Waals surface area contributed by atoms with Gasteiger partial charge in [0.15, 0.2) is 0 Å². The van der Waals surface area contributed by atoms with Gasteiger partial charge in [-0.15, -0.1) is 0 Å². The summed E-state index contributed by atoms with van der Waals surface area (Å²) >= 11 is 0. The molecule has 1 aromatic carbocycles. The minimum Gasteiger partial charge on any atom is -0.317 e. The zero-order chi connectivity index (χ0) is 12.0. The molecule has 0 aliphatic carbocycles. The molecule has 0 aliphatic rings. The van der Waals surface area contributed by atoms with Gasteiger partial charge in [-0.05, 0) is 69.8 Å². The lowest BCUT2D eigenvalue weighted by molar-refractivity contribution is 0.638. The monoisotopic (exact) mass is 219 g/mol. The Morgan fingerprint density at radius 2 is 1.62 bits per heavy atom. The molecule has 1 nitrogen and oxygen atoms in total. The van der Waals surface area contributed by atoms with E-state index in [4.69, 9.17) is 0 Å². The van der Waals surface area contributed by atoms with E-state index in [1.807, 2.05) is 0 Å². The van der Waals surface area contributed by atoms with Gasteiger partial charge in [0.2, 0.25) is 0 Å². The number of hydrogen-bond acceptors (Lipinski definition) is 1. The first-order chi connectivity index (χ1) is 7.65. The van der Waals surface area contributed by atoms with Crippen LogP contribution in [0.25, 0.3) is 0 Å². The molecule has 90 valence electrons. The molecule has 1 rings (SSSR count). The molecule has 0 fully saturated rings. The first kappa shape index (κ1) is 13.2. The van der Waals surface area contributed by atoms with E-state index in [0.29, 0.717) is 0 Å². The molecule has 0 atom stereocenters. The molecule has 0 bridgehead atoms. The summed E-state index contributed by atoms with van der Waals surface area (Å²) < 4.78 is 0. The standard InChI is InChI=1S/C15H25N/c1-5-8-16-9-6-7-15-13(3)10-12(2)11-14(15)4/h10-11,16H,5-9H2,1-4H3. The summed E-state index contributed by atoms with van der Waals surface area (Å²) in [7, 11) is 0. The molecule has 0 aromatic heterocycles. The summed E-state index contributed by atoms with van der Waals surface area (Å²) in [4.78, 5) is 0. The van der Waals surface area contributed by atoms with Crippen LogP contribution in [0.5, 0.6) is 0 Å². The van der Waals surface area contributed by atoms with Crippen molar-refractivity contribution in [2.75, 3.05) is 13.1 Å². The molecule has 16 heavy (non-hydrogen) atoms. The van der Waals surface area contributed by atoms with E-state index in [1.165, 1.54) is 36.0 Å². The minimum atomic E-state index is 1.14. The van der Waals surface area contributed by atoms with Crippen molar-refractivity contribution < 1.29 is 0 Å². The Hall–Kier alpha value is -0.820. The van der Waals surface area contributed by atoms with Crippen LogP contribution in [0.3, 0.4) is 0 Å². The molecule has 0 unspecified atom stereocenters. The third kappa shape index (κ3) is 3.97. The maximum atomic E-state index is 3.46. The fourth-order valence-electron chi connectivity index (χ4n) is 2.30. The van der Waals surface area contributed by atoms with E-state index in [-0.39, 0.29) is 0 Å². The molecule has 0 saturated carbocycles. The molecule has 0 radical (unpaired) electrons. The average Bonchev–Trinajstić information content (AvgIpc) is 2.20. The lowest BCUT2D eigenvalue weighted by Crippen LogP contribution is -2.16. The Bertz CT molecular complexity index is 305. The van der Waals surface area contributed by atoms with Crippen molar-refractivity contribution in [3.8, 4) is 0 Å². The highest BCUT2D eigenvalue weighted by molar-refractivity contribution is 5.37. The van der Waals surface area contributed by atoms with Crippen molar-refractivity contribution >= 4 is 0 Å². The highest BCUT2D eigenvalue weighted by Gasteiger charge is 2.03. The fraction of sp³-hybridized carbons (Fsp3) is 0.600. The lowest BCUT2D eigenvalue weighted by Gasteiger charge is -2.11. The van der Waals surface area contributed by atoms with Crippen molar-refractivity contribution in [1.29, 1.82) is 0 Å². The Morgan fingerprint density at radius 3 is 2.19 bits per heavy atom. The number of aryl methyl sites for hydroxylation is 3. The second kappa shape index (κ2) is 6.70. The SMILES string of the molecule is CCCNCCCc1c(C)cc(C)cc1C. The van der Waals surface area contributed by atoms with Gasteiger partial charge in [-0.2, -0.15) is 0 Å². The molecule has 0 aliphatic heterocycles. The summed E-state index contributed by atoms with van der Waals surface area (Å²) in [6.45, 7) is 11.1. The molecule has 0 spiro atoms. The normalized spacial score (nSPS) is 10.8. The van der Waals surface area contributed by atoms with Crippen LogP contribution in [0.2, 0.25) is 0 Å². The van der Waals surface area contributed by atoms with Gasteiger partial charge in [0.05, 0.1) is 0 Å². The molecule has 0 heterocycles. The molecule has 0 amide bonds. The maximum absolute atomic E-state index is 3.46. The van der Waals surface area contributed by atoms with Crippen LogP contribution < -0.4 is 5.32 Å². The molecule has 0 saturated heterocycles. The van der Waals surface area contributed by atoms with E-state index >= 15 is 0 Å². The van der Waals surface area contributed by atoms with Crippen molar-refractivity contribution in [2.24, 2.45) is 0 Å². The van der Waals surface area contributed by atoms with Gasteiger partial charge in [-0.25, -0.2) is 0 Å². The van der Waals surface area contributed by atoms with Crippen LogP contribution in [0, 0.1) is 20.8 Å². The number of nitrogens with one attached hydrogen (secondary N) is 1. The summed E-state index contributed by atoms with van der Waals surface area (Å²) in [5.41, 5.74) is 5.83. The smallest absolute Gasteiger partial charge is 0.00457 e. The number of rotatable bonds is 6. The van der Waals surface area contributed by atoms with Gasteiger partial charge in [0, 0.05) is 0 Å². The summed E-state index contributed by atoms with van der Waals surface area (Å²) in [6, 6.07) is 4.59. The molecule has 1 heteroatoms. The first-order valence-corrected chi connectivity index (χ1v) is 6.42. The van der Waals surface area contributed by atoms with E-state index in [0.717, 1.165) is 13.1 Å². The average molecular weight is 219 g/mol. The highest BCUT2D eigenvalue weighted by atomic mass is 14.8. The van der Waals surface area contributed by atoms with Crippen LogP contribution in [-0.2, 0) is 6.42 Å². The van der Waals surface area contributed by atoms with Crippen molar-refractivity contribution in [1.82, 2.24) is 5.32 Å². The zero-order valence-electron chi connectivity index (χ0n) is 11.2. The van der Waals surface area contributed by atoms with Gasteiger partial charge in [0.25, 0.3) is 0 Å². The molecular weight excluding hydrogens is 194 g/mol. The van der Waals surface area contributed by atoms with Crippen LogP contribution in [0.4, 0.5) is 0 Å². The third-order valence-electron chi connectivity index (χ3n) is 3.05. The predicted molar refractivity (Wildman–Crippen MR) is 72.1 cm³/mol. The van der Waals surface area contributed by atoms with Crippen LogP contribution >= 0.6 is 0 Å². The topological polar surface area (TPSA) is 12.0 Å². The fourth-order valence-corrected chi connectivity index (χ4v) is 2.30. The van der Waals surface area contributed by atoms with Gasteiger partial charge < -0.3 is 5.32 Å². The van der Waals surface area contributed by atoms with Crippen molar-refractivity contribution in [3.05, 3.63) is 34.4 Å². The quantitative estimate of drug-likeness (QED) is 0.722. The number of hydrogen-bond donors (Lipinski definition) is 1. The summed E-state index contributed by atoms with van der Waals surface area (Å²) in [6.07, 6.45) is 3.67. The Balaban J connectivity index is 2.47. The largest absolute Gasteiger partial charge is 0.317 e. The van der Waals surface area contributed by atoms with E-state index in [2.05, 4.69) is 45.1 Å². The summed E-state index contributed by atoms with van der Waals surface area (Å²) in [5, 5.41) is 3.46. The lowest BCUT2D eigenvalue weighted by atomic mass is 9.96. The van der Waals surface area contributed by atoms with Crippen molar-refractivity contribution in [2.45, 2.75) is 47.0 Å². The maximum Gasteiger partial charge on any atom is -0.00457 e.